The van der Waals surface area contributed by atoms with E-state index < -0.39 is 0 Å². The number of rotatable bonds is 0. The van der Waals surface area contributed by atoms with Gasteiger partial charge in [-0.25, -0.2) is 0 Å². The number of hydrogen-bond acceptors (Lipinski definition) is 3. The molecule has 1 aliphatic rings. The molecule has 0 aromatic heterocycles. The summed E-state index contributed by atoms with van der Waals surface area (Å²) in [6.07, 6.45) is 0.728. The second-order valence-corrected chi connectivity index (χ2v) is 3.02. The van der Waals surface area contributed by atoms with Gasteiger partial charge < -0.3 is 5.11 Å². The Hall–Kier alpha value is -0.440. The Bertz CT molecular complexity index is 168. The van der Waals surface area contributed by atoms with Gasteiger partial charge in [-0.2, -0.15) is 0 Å². The highest BCUT2D eigenvalue weighted by atomic mass is 32.2. The van der Waals surface area contributed by atoms with Crippen molar-refractivity contribution in [1.29, 1.82) is 0 Å². The molecule has 50 valence electrons. The average molecular weight is 144 g/mol. The second-order valence-electron chi connectivity index (χ2n) is 1.95. The van der Waals surface area contributed by atoms with Crippen molar-refractivity contribution in [3.05, 3.63) is 11.3 Å². The maximum absolute atomic E-state index is 10.8. The zero-order chi connectivity index (χ0) is 6.85. The van der Waals surface area contributed by atoms with Crippen molar-refractivity contribution in [2.24, 2.45) is 0 Å². The number of aliphatic hydroxyl groups excluding tert-OH is 1. The smallest absolute Gasteiger partial charge is 0.218 e. The minimum Gasteiger partial charge on any atom is -0.512 e. The number of carbonyl (C=O) groups is 1. The molecule has 1 aliphatic heterocycles. The zero-order valence-electron chi connectivity index (χ0n) is 5.18. The van der Waals surface area contributed by atoms with Crippen molar-refractivity contribution in [3.8, 4) is 0 Å². The van der Waals surface area contributed by atoms with Crippen LogP contribution in [0.3, 0.4) is 0 Å². The molecule has 0 bridgehead atoms. The Morgan fingerprint density at radius 1 is 1.78 bits per heavy atom. The van der Waals surface area contributed by atoms with Crippen molar-refractivity contribution in [2.75, 3.05) is 5.75 Å². The third-order valence-electron chi connectivity index (χ3n) is 1.27. The molecule has 2 nitrogen and oxygen atoms in total. The molecule has 0 radical (unpaired) electrons. The molecule has 1 fully saturated rings. The van der Waals surface area contributed by atoms with Crippen molar-refractivity contribution >= 4 is 16.9 Å². The molecule has 0 atom stereocenters. The molecule has 1 heterocycles. The van der Waals surface area contributed by atoms with Crippen molar-refractivity contribution in [2.45, 2.75) is 13.3 Å². The van der Waals surface area contributed by atoms with E-state index in [0.29, 0.717) is 5.57 Å². The first-order chi connectivity index (χ1) is 4.22. The highest BCUT2D eigenvalue weighted by molar-refractivity contribution is 8.14. The molecular weight excluding hydrogens is 136 g/mol. The van der Waals surface area contributed by atoms with Gasteiger partial charge in [0.25, 0.3) is 0 Å². The third-order valence-corrected chi connectivity index (χ3v) is 2.19. The van der Waals surface area contributed by atoms with E-state index in [-0.39, 0.29) is 10.9 Å². The number of allylic oxidation sites excluding steroid dienone is 1. The lowest BCUT2D eigenvalue weighted by atomic mass is 10.2. The van der Waals surface area contributed by atoms with Crippen molar-refractivity contribution in [3.63, 3.8) is 0 Å². The summed E-state index contributed by atoms with van der Waals surface area (Å²) < 4.78 is 0. The number of hydrogen-bond donors (Lipinski definition) is 1. The highest BCUT2D eigenvalue weighted by Gasteiger charge is 2.19. The van der Waals surface area contributed by atoms with Gasteiger partial charge in [-0.05, 0) is 13.3 Å². The van der Waals surface area contributed by atoms with E-state index in [1.165, 1.54) is 11.8 Å². The molecule has 0 saturated carbocycles. The number of aliphatic hydroxyl groups is 1. The molecule has 1 rings (SSSR count). The Labute approximate surface area is 57.9 Å². The molecule has 0 unspecified atom stereocenters. The lowest BCUT2D eigenvalue weighted by Gasteiger charge is -1.92. The SMILES string of the molecule is C/C(O)=C1/CCSC1=O. The van der Waals surface area contributed by atoms with Gasteiger partial charge in [0.2, 0.25) is 5.12 Å². The van der Waals surface area contributed by atoms with Gasteiger partial charge in [0.1, 0.15) is 0 Å². The van der Waals surface area contributed by atoms with Crippen LogP contribution in [0.2, 0.25) is 0 Å². The number of thioether (sulfide) groups is 1. The van der Waals surface area contributed by atoms with Gasteiger partial charge in [0.15, 0.2) is 0 Å². The molecule has 0 spiro atoms. The molecule has 1 N–H and O–H groups in total. The minimum atomic E-state index is 0.0370. The molecule has 1 saturated heterocycles. The minimum absolute atomic E-state index is 0.0370. The predicted octanol–water partition coefficient (Wildman–Crippen LogP) is 1.48. The average Bonchev–Trinajstić information content (AvgIpc) is 2.13. The van der Waals surface area contributed by atoms with E-state index in [4.69, 9.17) is 5.11 Å². The Morgan fingerprint density at radius 2 is 2.44 bits per heavy atom. The maximum Gasteiger partial charge on any atom is 0.218 e. The van der Waals surface area contributed by atoms with E-state index >= 15 is 0 Å². The van der Waals surface area contributed by atoms with Crippen LogP contribution in [0.25, 0.3) is 0 Å². The van der Waals surface area contributed by atoms with Gasteiger partial charge in [0, 0.05) is 11.3 Å². The van der Waals surface area contributed by atoms with Crippen LogP contribution in [0, 0.1) is 0 Å². The highest BCUT2D eigenvalue weighted by Crippen LogP contribution is 2.26. The fraction of sp³-hybridized carbons (Fsp3) is 0.500. The van der Waals surface area contributed by atoms with Crippen molar-refractivity contribution < 1.29 is 9.90 Å². The fourth-order valence-corrected chi connectivity index (χ4v) is 1.68. The molecule has 0 amide bonds. The molecule has 0 aromatic rings. The molecular formula is C6H8O2S. The van der Waals surface area contributed by atoms with Crippen LogP contribution in [0.1, 0.15) is 13.3 Å². The largest absolute Gasteiger partial charge is 0.512 e. The van der Waals surface area contributed by atoms with Crippen LogP contribution in [-0.2, 0) is 4.79 Å². The summed E-state index contributed by atoms with van der Waals surface area (Å²) in [5.41, 5.74) is 0.597. The van der Waals surface area contributed by atoms with Crippen LogP contribution < -0.4 is 0 Å². The second kappa shape index (κ2) is 2.43. The summed E-state index contributed by atoms with van der Waals surface area (Å²) in [6, 6.07) is 0. The fourth-order valence-electron chi connectivity index (χ4n) is 0.764. The Kier molecular flexibility index (Phi) is 1.81. The molecule has 0 aliphatic carbocycles. The quantitative estimate of drug-likeness (QED) is 0.413. The standard InChI is InChI=1S/C6H8O2S/c1-4(7)5-2-3-9-6(5)8/h7H,2-3H2,1H3/b5-4+. The van der Waals surface area contributed by atoms with Gasteiger partial charge in [0.05, 0.1) is 5.76 Å². The lowest BCUT2D eigenvalue weighted by Crippen LogP contribution is -1.91. The van der Waals surface area contributed by atoms with Crippen LogP contribution in [0.5, 0.6) is 0 Å². The van der Waals surface area contributed by atoms with Crippen LogP contribution in [0.4, 0.5) is 0 Å². The summed E-state index contributed by atoms with van der Waals surface area (Å²) >= 11 is 1.28. The van der Waals surface area contributed by atoms with E-state index in [1.54, 1.807) is 6.92 Å². The first kappa shape index (κ1) is 6.68. The van der Waals surface area contributed by atoms with E-state index in [2.05, 4.69) is 0 Å². The molecule has 9 heavy (non-hydrogen) atoms. The van der Waals surface area contributed by atoms with Crippen LogP contribution in [0.15, 0.2) is 11.3 Å². The van der Waals surface area contributed by atoms with Gasteiger partial charge in [-0.15, -0.1) is 0 Å². The Morgan fingerprint density at radius 3 is 2.67 bits per heavy atom. The summed E-state index contributed by atoms with van der Waals surface area (Å²) in [5.74, 6) is 1.01. The predicted molar refractivity (Wildman–Crippen MR) is 37.4 cm³/mol. The van der Waals surface area contributed by atoms with Gasteiger partial charge >= 0.3 is 0 Å². The van der Waals surface area contributed by atoms with E-state index in [0.717, 1.165) is 12.2 Å². The van der Waals surface area contributed by atoms with Gasteiger partial charge in [-0.1, -0.05) is 11.8 Å². The topological polar surface area (TPSA) is 37.3 Å². The van der Waals surface area contributed by atoms with Crippen molar-refractivity contribution in [1.82, 2.24) is 0 Å². The third kappa shape index (κ3) is 1.27. The normalized spacial score (nSPS) is 24.8. The molecule has 0 aromatic carbocycles. The molecule has 3 heteroatoms. The summed E-state index contributed by atoms with van der Waals surface area (Å²) in [4.78, 5) is 10.8. The monoisotopic (exact) mass is 144 g/mol. The van der Waals surface area contributed by atoms with Crippen LogP contribution in [-0.4, -0.2) is 16.0 Å². The summed E-state index contributed by atoms with van der Waals surface area (Å²) in [5, 5.41) is 8.91. The Balaban J connectivity index is 2.83. The lowest BCUT2D eigenvalue weighted by molar-refractivity contribution is -0.107. The summed E-state index contributed by atoms with van der Waals surface area (Å²) in [6.45, 7) is 1.55. The zero-order valence-corrected chi connectivity index (χ0v) is 5.99. The summed E-state index contributed by atoms with van der Waals surface area (Å²) in [7, 11) is 0. The van der Waals surface area contributed by atoms with Gasteiger partial charge in [-0.3, -0.25) is 4.79 Å². The van der Waals surface area contributed by atoms with Crippen LogP contribution >= 0.6 is 11.8 Å². The first-order valence-corrected chi connectivity index (χ1v) is 3.76. The number of carbonyl (C=O) groups excluding carboxylic acids is 1. The van der Waals surface area contributed by atoms with E-state index in [1.807, 2.05) is 0 Å². The maximum atomic E-state index is 10.8. The first-order valence-electron chi connectivity index (χ1n) is 2.77. The van der Waals surface area contributed by atoms with E-state index in [9.17, 15) is 4.79 Å².